The van der Waals surface area contributed by atoms with Crippen LogP contribution >= 0.6 is 11.6 Å². The molecule has 0 aliphatic rings. The number of rotatable bonds is 1. The summed E-state index contributed by atoms with van der Waals surface area (Å²) in [6.45, 7) is 0. The first-order chi connectivity index (χ1) is 5.57. The van der Waals surface area contributed by atoms with E-state index in [4.69, 9.17) is 21.6 Å². The van der Waals surface area contributed by atoms with E-state index in [0.717, 1.165) is 0 Å². The molecule has 1 aromatic rings. The van der Waals surface area contributed by atoms with Gasteiger partial charge in [-0.25, -0.2) is 10.8 Å². The summed E-state index contributed by atoms with van der Waals surface area (Å²) in [5.41, 5.74) is 2.14. The lowest BCUT2D eigenvalue weighted by Crippen LogP contribution is -2.08. The maximum absolute atomic E-state index is 7.25. The summed E-state index contributed by atoms with van der Waals surface area (Å²) in [7, 11) is 0. The third kappa shape index (κ3) is 1.31. The minimum Gasteiger partial charge on any atom is -0.307 e. The van der Waals surface area contributed by atoms with Crippen LogP contribution in [0.3, 0.4) is 0 Å². The third-order valence-corrected chi connectivity index (χ3v) is 1.01. The number of hydrazine groups is 1. The second-order valence-corrected chi connectivity index (χ2v) is 1.66. The Morgan fingerprint density at radius 1 is 1.89 bits per heavy atom. The Bertz CT molecular complexity index is 317. The zero-order valence-electron chi connectivity index (χ0n) is 7.40. The first kappa shape index (κ1) is 3.39. The van der Waals surface area contributed by atoms with E-state index < -0.39 is 0 Å². The Balaban J connectivity index is 3.39. The minimum absolute atomic E-state index is 0.0431. The van der Waals surface area contributed by atoms with Crippen molar-refractivity contribution in [2.24, 2.45) is 5.84 Å². The number of nitrogens with one attached hydrogen (secondary N) is 1. The number of aromatic nitrogens is 1. The van der Waals surface area contributed by atoms with E-state index in [0.29, 0.717) is 0 Å². The van der Waals surface area contributed by atoms with E-state index in [2.05, 4.69) is 10.4 Å². The van der Waals surface area contributed by atoms with Crippen molar-refractivity contribution in [3.05, 3.63) is 23.3 Å². The molecule has 0 aliphatic carbocycles. The fraction of sp³-hybridized carbons (Fsp3) is 0. The topological polar surface area (TPSA) is 50.9 Å². The zero-order valence-corrected chi connectivity index (χ0v) is 5.16. The van der Waals surface area contributed by atoms with Crippen LogP contribution in [0.4, 0.5) is 5.82 Å². The fourth-order valence-corrected chi connectivity index (χ4v) is 0.515. The fourth-order valence-electron chi connectivity index (χ4n) is 0.371. The van der Waals surface area contributed by atoms with E-state index in [1.807, 2.05) is 0 Å². The van der Waals surface area contributed by atoms with Gasteiger partial charge in [-0.05, 0) is 12.1 Å². The highest BCUT2D eigenvalue weighted by Crippen LogP contribution is 2.15. The lowest BCUT2D eigenvalue weighted by atomic mass is 10.5. The van der Waals surface area contributed by atoms with Crippen LogP contribution in [0.25, 0.3) is 0 Å². The molecule has 0 aromatic carbocycles. The zero-order chi connectivity index (χ0) is 9.30. The molecule has 1 rings (SSSR count). The van der Waals surface area contributed by atoms with Gasteiger partial charge in [0.15, 0.2) is 5.82 Å². The Morgan fingerprint density at radius 3 is 3.33 bits per heavy atom. The molecule has 3 nitrogen and oxygen atoms in total. The number of hydrogen-bond donors (Lipinski definition) is 2. The van der Waals surface area contributed by atoms with Crippen LogP contribution in [0.15, 0.2) is 18.3 Å². The quantitative estimate of drug-likeness (QED) is 0.355. The van der Waals surface area contributed by atoms with Crippen molar-refractivity contribution in [2.75, 3.05) is 5.43 Å². The van der Waals surface area contributed by atoms with Gasteiger partial charge in [-0.1, -0.05) is 11.6 Å². The summed E-state index contributed by atoms with van der Waals surface area (Å²) in [5.74, 6) is 5.06. The number of nitrogen functional groups attached to an aromatic ring is 1. The standard InChI is InChI=1S/C5H6ClN3/c6-4-2-1-3-8-5(4)9-7/h1-3H,7H2,(H,8,9)/i1D,2D,3D,7+1,9+1. The van der Waals surface area contributed by atoms with Crippen molar-refractivity contribution in [1.82, 2.24) is 4.98 Å². The molecule has 0 amide bonds. The normalized spacial score (nSPS) is 13.8. The van der Waals surface area contributed by atoms with Crippen molar-refractivity contribution < 1.29 is 4.11 Å². The van der Waals surface area contributed by atoms with Gasteiger partial charge in [0.25, 0.3) is 0 Å². The van der Waals surface area contributed by atoms with Gasteiger partial charge in [0.05, 0.1) is 9.13 Å². The lowest BCUT2D eigenvalue weighted by molar-refractivity contribution is 1.23. The second-order valence-electron chi connectivity index (χ2n) is 1.28. The number of anilines is 1. The summed E-state index contributed by atoms with van der Waals surface area (Å²) in [5, 5.41) is -0.0431. The van der Waals surface area contributed by atoms with Crippen LogP contribution in [0, 0.1) is 0 Å². The highest BCUT2D eigenvalue weighted by Gasteiger charge is 1.93. The summed E-state index contributed by atoms with van der Waals surface area (Å²) in [6, 6.07) is -0.552. The van der Waals surface area contributed by atoms with Crippen molar-refractivity contribution in [3.63, 3.8) is 0 Å². The first-order valence-electron chi connectivity index (χ1n) is 3.67. The molecule has 48 valence electrons. The third-order valence-electron chi connectivity index (χ3n) is 0.740. The van der Waals surface area contributed by atoms with Gasteiger partial charge in [0, 0.05) is 6.17 Å². The van der Waals surface area contributed by atoms with Crippen molar-refractivity contribution in [3.8, 4) is 0 Å². The molecular weight excluding hydrogens is 140 g/mol. The van der Waals surface area contributed by atoms with Gasteiger partial charge in [-0.3, -0.25) is 0 Å². The SMILES string of the molecule is [2H]c1nc([15NH][15NH2])c(Cl)c([2H])c1[2H]. The van der Waals surface area contributed by atoms with Crippen molar-refractivity contribution in [1.29, 1.82) is 0 Å². The molecule has 0 spiro atoms. The average Bonchev–Trinajstić information content (AvgIpc) is 2.08. The Morgan fingerprint density at radius 2 is 2.67 bits per heavy atom. The van der Waals surface area contributed by atoms with Gasteiger partial charge >= 0.3 is 0 Å². The van der Waals surface area contributed by atoms with Gasteiger partial charge in [-0.2, -0.15) is 0 Å². The monoisotopic (exact) mass is 148 g/mol. The van der Waals surface area contributed by atoms with Gasteiger partial charge in [0.2, 0.25) is 0 Å². The smallest absolute Gasteiger partial charge is 0.158 e. The number of halogens is 1. The summed E-state index contributed by atoms with van der Waals surface area (Å²) < 4.78 is 21.5. The predicted octanol–water partition coefficient (Wildman–Crippen LogP) is 1.02. The molecule has 1 aromatic heterocycles. The Hall–Kier alpha value is -0.800. The van der Waals surface area contributed by atoms with Gasteiger partial charge in [-0.15, -0.1) is 0 Å². The van der Waals surface area contributed by atoms with Crippen LogP contribution in [-0.2, 0) is 0 Å². The number of pyridine rings is 1. The average molecular weight is 149 g/mol. The van der Waals surface area contributed by atoms with E-state index in [1.54, 1.807) is 0 Å². The molecule has 0 fully saturated rings. The molecule has 0 atom stereocenters. The highest BCUT2D eigenvalue weighted by atomic mass is 35.5. The predicted molar refractivity (Wildman–Crippen MR) is 37.1 cm³/mol. The van der Waals surface area contributed by atoms with Crippen LogP contribution in [-0.4, -0.2) is 4.98 Å². The molecule has 0 unspecified atom stereocenters. The van der Waals surface area contributed by atoms with Gasteiger partial charge < -0.3 is 5.43 Å². The maximum Gasteiger partial charge on any atom is 0.158 e. The van der Waals surface area contributed by atoms with Crippen molar-refractivity contribution >= 4 is 17.4 Å². The molecule has 4 heteroatoms. The first-order valence-corrected chi connectivity index (χ1v) is 2.55. The molecular formula is C5H6ClN3. The number of nitrogens with zero attached hydrogens (tertiary/aromatic N) is 1. The molecule has 0 radical (unpaired) electrons. The van der Waals surface area contributed by atoms with Gasteiger partial charge in [0.1, 0.15) is 0 Å². The van der Waals surface area contributed by atoms with Crippen LogP contribution < -0.4 is 11.3 Å². The number of hydrogen-bond acceptors (Lipinski definition) is 3. The molecule has 0 bridgehead atoms. The van der Waals surface area contributed by atoms with E-state index in [-0.39, 0.29) is 29.1 Å². The molecule has 0 aliphatic heterocycles. The summed E-state index contributed by atoms with van der Waals surface area (Å²) in [4.78, 5) is 3.54. The second kappa shape index (κ2) is 2.66. The molecule has 1 heterocycles. The Labute approximate surface area is 62.0 Å². The summed E-state index contributed by atoms with van der Waals surface area (Å²) >= 11 is 5.57. The summed E-state index contributed by atoms with van der Waals surface area (Å²) in [6.07, 6.45) is -0.322. The van der Waals surface area contributed by atoms with Crippen molar-refractivity contribution in [2.45, 2.75) is 0 Å². The van der Waals surface area contributed by atoms with Crippen LogP contribution in [0.1, 0.15) is 4.11 Å². The van der Waals surface area contributed by atoms with E-state index in [1.165, 1.54) is 0 Å². The lowest BCUT2D eigenvalue weighted by Gasteiger charge is -1.97. The molecule has 0 saturated heterocycles. The molecule has 3 N–H and O–H groups in total. The molecule has 0 saturated carbocycles. The Kier molecular flexibility index (Phi) is 1.00. The van der Waals surface area contributed by atoms with Crippen LogP contribution in [0.5, 0.6) is 0 Å². The maximum atomic E-state index is 7.25. The van der Waals surface area contributed by atoms with Crippen LogP contribution in [0.2, 0.25) is 5.02 Å². The molecule has 9 heavy (non-hydrogen) atoms. The van der Waals surface area contributed by atoms with E-state index >= 15 is 0 Å². The largest absolute Gasteiger partial charge is 0.307 e. The van der Waals surface area contributed by atoms with E-state index in [9.17, 15) is 0 Å². The highest BCUT2D eigenvalue weighted by molar-refractivity contribution is 6.32. The minimum atomic E-state index is -0.322. The number of nitrogens with two attached hydrogens (primary N) is 1.